The first-order valence-corrected chi connectivity index (χ1v) is 7.72. The van der Waals surface area contributed by atoms with Crippen molar-refractivity contribution < 1.29 is 4.79 Å². The van der Waals surface area contributed by atoms with Gasteiger partial charge >= 0.3 is 0 Å². The van der Waals surface area contributed by atoms with Crippen LogP contribution in [0.3, 0.4) is 0 Å². The van der Waals surface area contributed by atoms with Crippen LogP contribution in [-0.2, 0) is 6.42 Å². The lowest BCUT2D eigenvalue weighted by Gasteiger charge is -2.23. The summed E-state index contributed by atoms with van der Waals surface area (Å²) in [5.74, 6) is 0.0718. The van der Waals surface area contributed by atoms with Crippen LogP contribution in [0.25, 0.3) is 0 Å². The zero-order chi connectivity index (χ0) is 15.9. The van der Waals surface area contributed by atoms with Gasteiger partial charge in [-0.15, -0.1) is 12.4 Å². The maximum absolute atomic E-state index is 12.8. The van der Waals surface area contributed by atoms with Crippen molar-refractivity contribution >= 4 is 18.3 Å². The van der Waals surface area contributed by atoms with Gasteiger partial charge in [-0.1, -0.05) is 48.0 Å². The van der Waals surface area contributed by atoms with Crippen LogP contribution in [0.1, 0.15) is 27.0 Å². The smallest absolute Gasteiger partial charge is 0.254 e. The molecule has 0 fully saturated rings. The number of aryl methyl sites for hydroxylation is 2. The summed E-state index contributed by atoms with van der Waals surface area (Å²) < 4.78 is 0. The second-order valence-corrected chi connectivity index (χ2v) is 5.63. The van der Waals surface area contributed by atoms with Crippen molar-refractivity contribution in [1.82, 2.24) is 4.90 Å². The predicted molar refractivity (Wildman–Crippen MR) is 98.3 cm³/mol. The first-order chi connectivity index (χ1) is 10.6. The highest BCUT2D eigenvalue weighted by atomic mass is 35.5. The predicted octanol–water partition coefficient (Wildman–Crippen LogP) is 3.37. The number of amides is 1. The maximum atomic E-state index is 12.8. The molecular weight excluding hydrogens is 308 g/mol. The Labute approximate surface area is 144 Å². The van der Waals surface area contributed by atoms with Crippen LogP contribution < -0.4 is 5.73 Å². The van der Waals surface area contributed by atoms with Crippen molar-refractivity contribution in [2.45, 2.75) is 20.3 Å². The molecule has 1 amide bonds. The van der Waals surface area contributed by atoms with Gasteiger partial charge in [-0.25, -0.2) is 0 Å². The average molecular weight is 333 g/mol. The van der Waals surface area contributed by atoms with E-state index in [1.165, 1.54) is 5.56 Å². The maximum Gasteiger partial charge on any atom is 0.254 e. The highest BCUT2D eigenvalue weighted by Gasteiger charge is 2.17. The van der Waals surface area contributed by atoms with Gasteiger partial charge < -0.3 is 10.6 Å². The third kappa shape index (κ3) is 5.38. The summed E-state index contributed by atoms with van der Waals surface area (Å²) in [5.41, 5.74) is 9.82. The van der Waals surface area contributed by atoms with Gasteiger partial charge in [0.15, 0.2) is 0 Å². The number of rotatable bonds is 6. The van der Waals surface area contributed by atoms with Crippen molar-refractivity contribution in [3.05, 3.63) is 70.8 Å². The van der Waals surface area contributed by atoms with Crippen LogP contribution in [-0.4, -0.2) is 30.4 Å². The lowest BCUT2D eigenvalue weighted by Crippen LogP contribution is -2.37. The lowest BCUT2D eigenvalue weighted by atomic mass is 10.0. The summed E-state index contributed by atoms with van der Waals surface area (Å²) in [6.45, 7) is 5.73. The summed E-state index contributed by atoms with van der Waals surface area (Å²) in [6, 6.07) is 16.2. The van der Waals surface area contributed by atoms with Gasteiger partial charge in [-0.3, -0.25) is 4.79 Å². The summed E-state index contributed by atoms with van der Waals surface area (Å²) in [5, 5.41) is 0. The molecule has 0 bridgehead atoms. The monoisotopic (exact) mass is 332 g/mol. The molecule has 2 rings (SSSR count). The number of halogens is 1. The fourth-order valence-electron chi connectivity index (χ4n) is 2.52. The van der Waals surface area contributed by atoms with Gasteiger partial charge in [0.2, 0.25) is 0 Å². The number of nitrogens with two attached hydrogens (primary N) is 1. The van der Waals surface area contributed by atoms with Gasteiger partial charge in [-0.05, 0) is 37.5 Å². The Kier molecular flexibility index (Phi) is 7.79. The van der Waals surface area contributed by atoms with Crippen LogP contribution in [0, 0.1) is 13.8 Å². The van der Waals surface area contributed by atoms with E-state index in [9.17, 15) is 4.79 Å². The third-order valence-electron chi connectivity index (χ3n) is 3.82. The fraction of sp³-hybridized carbons (Fsp3) is 0.316. The molecule has 2 aromatic carbocycles. The fourth-order valence-corrected chi connectivity index (χ4v) is 2.52. The molecule has 0 saturated heterocycles. The van der Waals surface area contributed by atoms with Crippen molar-refractivity contribution in [3.8, 4) is 0 Å². The molecule has 3 nitrogen and oxygen atoms in total. The molecule has 2 aromatic rings. The summed E-state index contributed by atoms with van der Waals surface area (Å²) in [7, 11) is 0. The minimum absolute atomic E-state index is 0. The van der Waals surface area contributed by atoms with Gasteiger partial charge in [0.05, 0.1) is 0 Å². The first kappa shape index (κ1) is 19.2. The van der Waals surface area contributed by atoms with Gasteiger partial charge in [0, 0.05) is 25.2 Å². The Morgan fingerprint density at radius 3 is 2.39 bits per heavy atom. The van der Waals surface area contributed by atoms with E-state index in [2.05, 4.69) is 12.1 Å². The molecule has 0 unspecified atom stereocenters. The molecule has 0 radical (unpaired) electrons. The number of nitrogens with zero attached hydrogens (tertiary/aromatic N) is 1. The lowest BCUT2D eigenvalue weighted by molar-refractivity contribution is 0.0761. The second kappa shape index (κ2) is 9.33. The van der Waals surface area contributed by atoms with E-state index < -0.39 is 0 Å². The molecule has 0 aliphatic heterocycles. The Balaban J connectivity index is 0.00000264. The molecule has 0 heterocycles. The molecule has 0 saturated carbocycles. The third-order valence-corrected chi connectivity index (χ3v) is 3.82. The number of carbonyl (C=O) groups is 1. The summed E-state index contributed by atoms with van der Waals surface area (Å²) in [4.78, 5) is 14.7. The van der Waals surface area contributed by atoms with E-state index in [4.69, 9.17) is 5.73 Å². The molecule has 0 atom stereocenters. The summed E-state index contributed by atoms with van der Waals surface area (Å²) in [6.07, 6.45) is 0.845. The van der Waals surface area contributed by atoms with E-state index in [-0.39, 0.29) is 18.3 Å². The standard InChI is InChI=1S/C19H24N2O.ClH/c1-15-8-9-16(2)18(14-15)19(22)21(13-11-20)12-10-17-6-4-3-5-7-17;/h3-9,14H,10-13,20H2,1-2H3;1H. The Hall–Kier alpha value is -1.84. The van der Waals surface area contributed by atoms with E-state index in [0.717, 1.165) is 23.1 Å². The van der Waals surface area contributed by atoms with E-state index in [0.29, 0.717) is 19.6 Å². The minimum Gasteiger partial charge on any atom is -0.337 e. The molecule has 23 heavy (non-hydrogen) atoms. The highest BCUT2D eigenvalue weighted by Crippen LogP contribution is 2.14. The van der Waals surface area contributed by atoms with Gasteiger partial charge in [0.25, 0.3) is 5.91 Å². The van der Waals surface area contributed by atoms with Crippen molar-refractivity contribution in [2.24, 2.45) is 5.73 Å². The van der Waals surface area contributed by atoms with Crippen LogP contribution >= 0.6 is 12.4 Å². The van der Waals surface area contributed by atoms with Crippen LogP contribution in [0.2, 0.25) is 0 Å². The highest BCUT2D eigenvalue weighted by molar-refractivity contribution is 5.95. The van der Waals surface area contributed by atoms with Crippen LogP contribution in [0.4, 0.5) is 0 Å². The average Bonchev–Trinajstić information content (AvgIpc) is 2.54. The second-order valence-electron chi connectivity index (χ2n) is 5.63. The first-order valence-electron chi connectivity index (χ1n) is 7.72. The summed E-state index contributed by atoms with van der Waals surface area (Å²) >= 11 is 0. The van der Waals surface area contributed by atoms with Gasteiger partial charge in [0.1, 0.15) is 0 Å². The Bertz CT molecular complexity index is 629. The molecule has 124 valence electrons. The van der Waals surface area contributed by atoms with Crippen LogP contribution in [0.5, 0.6) is 0 Å². The van der Waals surface area contributed by atoms with Crippen LogP contribution in [0.15, 0.2) is 48.5 Å². The van der Waals surface area contributed by atoms with Gasteiger partial charge in [-0.2, -0.15) is 0 Å². The molecule has 4 heteroatoms. The number of carbonyl (C=O) groups excluding carboxylic acids is 1. The quantitative estimate of drug-likeness (QED) is 0.881. The Morgan fingerprint density at radius 1 is 1.04 bits per heavy atom. The number of benzene rings is 2. The zero-order valence-electron chi connectivity index (χ0n) is 13.8. The molecule has 2 N–H and O–H groups in total. The van der Waals surface area contributed by atoms with Crippen molar-refractivity contribution in [3.63, 3.8) is 0 Å². The molecule has 0 aromatic heterocycles. The Morgan fingerprint density at radius 2 is 1.74 bits per heavy atom. The number of hydrogen-bond donors (Lipinski definition) is 1. The zero-order valence-corrected chi connectivity index (χ0v) is 14.6. The number of hydrogen-bond acceptors (Lipinski definition) is 2. The van der Waals surface area contributed by atoms with Crippen molar-refractivity contribution in [2.75, 3.05) is 19.6 Å². The van der Waals surface area contributed by atoms with E-state index >= 15 is 0 Å². The molecular formula is C19H25ClN2O. The topological polar surface area (TPSA) is 46.3 Å². The molecule has 0 spiro atoms. The minimum atomic E-state index is 0. The molecule has 0 aliphatic rings. The van der Waals surface area contributed by atoms with E-state index in [1.807, 2.05) is 55.1 Å². The normalized spacial score (nSPS) is 10.0. The van der Waals surface area contributed by atoms with E-state index in [1.54, 1.807) is 0 Å². The SMILES string of the molecule is Cc1ccc(C)c(C(=O)N(CCN)CCc2ccccc2)c1.Cl. The molecule has 0 aliphatic carbocycles. The largest absolute Gasteiger partial charge is 0.337 e. The van der Waals surface area contributed by atoms with Crippen molar-refractivity contribution in [1.29, 1.82) is 0 Å².